The number of sulfonamides is 1. The van der Waals surface area contributed by atoms with Crippen LogP contribution < -0.4 is 4.72 Å². The number of hydrogen-bond acceptors (Lipinski definition) is 5. The van der Waals surface area contributed by atoms with Gasteiger partial charge >= 0.3 is 6.18 Å². The van der Waals surface area contributed by atoms with Gasteiger partial charge in [-0.1, -0.05) is 6.92 Å². The average molecular weight is 467 g/mol. The minimum atomic E-state index is -4.49. The summed E-state index contributed by atoms with van der Waals surface area (Å²) in [4.78, 5) is 2.00. The van der Waals surface area contributed by atoms with Crippen molar-refractivity contribution < 1.29 is 31.4 Å². The molecule has 10 heteroatoms. The molecule has 0 spiro atoms. The first-order valence-corrected chi connectivity index (χ1v) is 12.3. The van der Waals surface area contributed by atoms with E-state index in [4.69, 9.17) is 9.84 Å². The fourth-order valence-electron chi connectivity index (χ4n) is 3.74. The Kier molecular flexibility index (Phi) is 10.2. The van der Waals surface area contributed by atoms with E-state index in [0.29, 0.717) is 13.2 Å². The van der Waals surface area contributed by atoms with E-state index in [0.717, 1.165) is 69.5 Å². The van der Waals surface area contributed by atoms with Crippen molar-refractivity contribution >= 4 is 10.0 Å². The van der Waals surface area contributed by atoms with Gasteiger partial charge in [-0.15, -0.1) is 0 Å². The first kappa shape index (κ1) is 26.1. The fourth-order valence-corrected chi connectivity index (χ4v) is 4.86. The lowest BCUT2D eigenvalue weighted by Crippen LogP contribution is -2.33. The molecule has 0 unspecified atom stereocenters. The van der Waals surface area contributed by atoms with Crippen LogP contribution in [0.2, 0.25) is 0 Å². The number of alkyl halides is 3. The summed E-state index contributed by atoms with van der Waals surface area (Å²) in [7, 11) is -3.84. The molecule has 2 rings (SSSR count). The van der Waals surface area contributed by atoms with Crippen molar-refractivity contribution in [2.75, 3.05) is 39.4 Å². The highest BCUT2D eigenvalue weighted by Crippen LogP contribution is 2.30. The predicted octanol–water partition coefficient (Wildman–Crippen LogP) is 3.26. The molecular weight excluding hydrogens is 433 g/mol. The topological polar surface area (TPSA) is 78.9 Å². The van der Waals surface area contributed by atoms with Gasteiger partial charge in [0, 0.05) is 26.2 Å². The van der Waals surface area contributed by atoms with E-state index in [2.05, 4.69) is 16.5 Å². The molecule has 0 amide bonds. The fraction of sp³-hybridized carbons (Fsp3) is 0.714. The summed E-state index contributed by atoms with van der Waals surface area (Å²) < 4.78 is 71.1. The number of aliphatic hydroxyl groups is 1. The zero-order valence-electron chi connectivity index (χ0n) is 17.9. The van der Waals surface area contributed by atoms with Crippen molar-refractivity contribution in [1.29, 1.82) is 0 Å². The Morgan fingerprint density at radius 3 is 2.32 bits per heavy atom. The third kappa shape index (κ3) is 8.69. The van der Waals surface area contributed by atoms with Gasteiger partial charge in [0.15, 0.2) is 0 Å². The zero-order chi connectivity index (χ0) is 22.9. The highest BCUT2D eigenvalue weighted by atomic mass is 32.2. The molecule has 0 heterocycles. The van der Waals surface area contributed by atoms with Gasteiger partial charge < -0.3 is 14.7 Å². The van der Waals surface area contributed by atoms with Gasteiger partial charge in [0.2, 0.25) is 10.0 Å². The Labute approximate surface area is 182 Å². The third-order valence-electron chi connectivity index (χ3n) is 5.68. The van der Waals surface area contributed by atoms with Crippen LogP contribution in [0.5, 0.6) is 0 Å². The molecule has 1 fully saturated rings. The molecule has 6 nitrogen and oxygen atoms in total. The lowest BCUT2D eigenvalue weighted by Gasteiger charge is -2.29. The monoisotopic (exact) mass is 466 g/mol. The first-order valence-electron chi connectivity index (χ1n) is 10.8. The molecular formula is C21H33F3N2O4S. The van der Waals surface area contributed by atoms with Crippen LogP contribution in [-0.4, -0.2) is 63.9 Å². The lowest BCUT2D eigenvalue weighted by atomic mass is 9.87. The van der Waals surface area contributed by atoms with Crippen LogP contribution in [0.25, 0.3) is 0 Å². The second kappa shape index (κ2) is 12.2. The molecule has 0 atom stereocenters. The predicted molar refractivity (Wildman–Crippen MR) is 112 cm³/mol. The van der Waals surface area contributed by atoms with Crippen molar-refractivity contribution in [3.63, 3.8) is 0 Å². The third-order valence-corrected chi connectivity index (χ3v) is 7.12. The Hall–Kier alpha value is -1.20. The summed E-state index contributed by atoms with van der Waals surface area (Å²) in [5, 5.41) is 9.00. The minimum absolute atomic E-state index is 0.154. The number of halogens is 3. The lowest BCUT2D eigenvalue weighted by molar-refractivity contribution is -0.137. The van der Waals surface area contributed by atoms with Crippen molar-refractivity contribution in [3.8, 4) is 0 Å². The van der Waals surface area contributed by atoms with E-state index in [9.17, 15) is 21.6 Å². The van der Waals surface area contributed by atoms with E-state index in [1.165, 1.54) is 0 Å². The Bertz CT molecular complexity index is 749. The van der Waals surface area contributed by atoms with Gasteiger partial charge in [-0.25, -0.2) is 13.1 Å². The molecule has 178 valence electrons. The van der Waals surface area contributed by atoms with Gasteiger partial charge in [0.1, 0.15) is 0 Å². The van der Waals surface area contributed by atoms with Crippen LogP contribution in [0.3, 0.4) is 0 Å². The second-order valence-corrected chi connectivity index (χ2v) is 9.67. The molecule has 1 saturated carbocycles. The Balaban J connectivity index is 1.69. The number of hydrogen-bond donors (Lipinski definition) is 2. The number of nitrogens with zero attached hydrogens (tertiary/aromatic N) is 1. The molecule has 0 saturated heterocycles. The number of rotatable bonds is 12. The van der Waals surface area contributed by atoms with Crippen LogP contribution in [0, 0.1) is 5.92 Å². The standard InChI is InChI=1S/C21H33F3N2O4S/c1-2-26(13-14-27)12-3-15-30-19-8-4-17(5-9-19)16-25-31(28,29)20-10-6-18(7-11-20)21(22,23)24/h6-7,10-11,17,19,25,27H,2-5,8-9,12-16H2,1H3. The number of likely N-dealkylation sites (N-methyl/N-ethyl adjacent to an activating group) is 1. The maximum absolute atomic E-state index is 12.6. The number of nitrogens with one attached hydrogen (secondary N) is 1. The molecule has 0 aliphatic heterocycles. The van der Waals surface area contributed by atoms with Gasteiger partial charge in [0.25, 0.3) is 0 Å². The smallest absolute Gasteiger partial charge is 0.395 e. The maximum Gasteiger partial charge on any atom is 0.416 e. The Morgan fingerprint density at radius 2 is 1.77 bits per heavy atom. The van der Waals surface area contributed by atoms with Crippen LogP contribution >= 0.6 is 0 Å². The maximum atomic E-state index is 12.6. The molecule has 1 aliphatic rings. The largest absolute Gasteiger partial charge is 0.416 e. The molecule has 2 N–H and O–H groups in total. The first-order chi connectivity index (χ1) is 14.7. The molecule has 0 radical (unpaired) electrons. The van der Waals surface area contributed by atoms with E-state index in [-0.39, 0.29) is 30.1 Å². The Morgan fingerprint density at radius 1 is 1.13 bits per heavy atom. The molecule has 1 aromatic rings. The van der Waals surface area contributed by atoms with Gasteiger partial charge in [-0.3, -0.25) is 0 Å². The van der Waals surface area contributed by atoms with Crippen LogP contribution in [0.1, 0.15) is 44.6 Å². The summed E-state index contributed by atoms with van der Waals surface area (Å²) in [6.45, 7) is 5.60. The second-order valence-electron chi connectivity index (χ2n) is 7.90. The summed E-state index contributed by atoms with van der Waals surface area (Å²) in [6.07, 6.45) is -0.0128. The van der Waals surface area contributed by atoms with Crippen molar-refractivity contribution in [3.05, 3.63) is 29.8 Å². The van der Waals surface area contributed by atoms with E-state index < -0.39 is 21.8 Å². The molecule has 0 aromatic heterocycles. The van der Waals surface area contributed by atoms with Crippen molar-refractivity contribution in [2.45, 2.75) is 56.2 Å². The summed E-state index contributed by atoms with van der Waals surface area (Å²) in [5.41, 5.74) is -0.874. The van der Waals surface area contributed by atoms with E-state index in [1.54, 1.807) is 0 Å². The summed E-state index contributed by atoms with van der Waals surface area (Å²) >= 11 is 0. The van der Waals surface area contributed by atoms with Crippen molar-refractivity contribution in [1.82, 2.24) is 9.62 Å². The highest BCUT2D eigenvalue weighted by molar-refractivity contribution is 7.89. The molecule has 1 aromatic carbocycles. The molecule has 1 aliphatic carbocycles. The quantitative estimate of drug-likeness (QED) is 0.463. The summed E-state index contributed by atoms with van der Waals surface area (Å²) in [5.74, 6) is 0.184. The average Bonchev–Trinajstić information content (AvgIpc) is 2.75. The zero-order valence-corrected chi connectivity index (χ0v) is 18.7. The number of benzene rings is 1. The van der Waals surface area contributed by atoms with Crippen LogP contribution in [-0.2, 0) is 20.9 Å². The SMILES string of the molecule is CCN(CCO)CCCOC1CCC(CNS(=O)(=O)c2ccc(C(F)(F)F)cc2)CC1. The highest BCUT2D eigenvalue weighted by Gasteiger charge is 2.31. The van der Waals surface area contributed by atoms with Crippen LogP contribution in [0.15, 0.2) is 29.2 Å². The van der Waals surface area contributed by atoms with Crippen LogP contribution in [0.4, 0.5) is 13.2 Å². The van der Waals surface area contributed by atoms with Crippen molar-refractivity contribution in [2.24, 2.45) is 5.92 Å². The minimum Gasteiger partial charge on any atom is -0.395 e. The van der Waals surface area contributed by atoms with Gasteiger partial charge in [-0.2, -0.15) is 13.2 Å². The van der Waals surface area contributed by atoms with E-state index in [1.807, 2.05) is 0 Å². The molecule has 0 bridgehead atoms. The normalized spacial score (nSPS) is 20.3. The van der Waals surface area contributed by atoms with Gasteiger partial charge in [0.05, 0.1) is 23.2 Å². The number of ether oxygens (including phenoxy) is 1. The molecule has 31 heavy (non-hydrogen) atoms. The number of aliphatic hydroxyl groups excluding tert-OH is 1. The van der Waals surface area contributed by atoms with Gasteiger partial charge in [-0.05, 0) is 68.8 Å². The van der Waals surface area contributed by atoms with E-state index >= 15 is 0 Å². The summed E-state index contributed by atoms with van der Waals surface area (Å²) in [6, 6.07) is 3.52.